The largest absolute Gasteiger partial charge is 0.298 e. The Balaban J connectivity index is 1.50. The zero-order valence-corrected chi connectivity index (χ0v) is 18.6. The molecular formula is C22H25N5OS2. The maximum Gasteiger partial charge on any atom is 0.257 e. The monoisotopic (exact) mass is 439 g/mol. The Morgan fingerprint density at radius 2 is 2.07 bits per heavy atom. The normalized spacial score (nSPS) is 14.6. The molecule has 0 bridgehead atoms. The molecule has 2 heterocycles. The maximum absolute atomic E-state index is 12.7. The highest BCUT2D eigenvalue weighted by Crippen LogP contribution is 2.33. The van der Waals surface area contributed by atoms with Gasteiger partial charge in [-0.2, -0.15) is 5.10 Å². The van der Waals surface area contributed by atoms with Crippen LogP contribution in [0.5, 0.6) is 0 Å². The number of H-pyrrole nitrogens is 1. The first kappa shape index (κ1) is 20.7. The molecule has 0 radical (unpaired) electrons. The van der Waals surface area contributed by atoms with Crippen molar-refractivity contribution in [3.63, 3.8) is 0 Å². The molecule has 8 heteroatoms. The number of aromatic nitrogens is 4. The number of thiazole rings is 1. The van der Waals surface area contributed by atoms with E-state index in [2.05, 4.69) is 39.2 Å². The first-order valence-electron chi connectivity index (χ1n) is 10.2. The lowest BCUT2D eigenvalue weighted by Crippen LogP contribution is -2.12. The fraction of sp³-hybridized carbons (Fsp3) is 0.364. The minimum atomic E-state index is -0.157. The number of carbonyl (C=O) groups excluding carboxylic acids is 1. The molecule has 1 aromatic carbocycles. The van der Waals surface area contributed by atoms with Crippen molar-refractivity contribution in [3.05, 3.63) is 58.5 Å². The molecule has 1 amide bonds. The van der Waals surface area contributed by atoms with Crippen molar-refractivity contribution in [1.29, 1.82) is 0 Å². The van der Waals surface area contributed by atoms with E-state index in [-0.39, 0.29) is 5.91 Å². The van der Waals surface area contributed by atoms with E-state index in [0.29, 0.717) is 33.8 Å². The standard InChI is InChI=1S/C22H25N5OS2/c1-3-13-27-19(25-26-22(27)29)18-14(2)23-21(30-18)24-20(28)17-11-9-16(10-12-17)15-7-5-4-6-8-15/h3,9-12,15H,1,4-8,13H2,2H3,(H,26,29)(H,23,24,28). The molecule has 0 atom stereocenters. The average Bonchev–Trinajstić information content (AvgIpc) is 3.31. The Morgan fingerprint density at radius 1 is 1.33 bits per heavy atom. The SMILES string of the molecule is C=CCn1c(-c2sc(NC(=O)c3ccc(C4CCCCC4)cc3)nc2C)n[nH]c1=S. The van der Waals surface area contributed by atoms with E-state index in [9.17, 15) is 4.79 Å². The van der Waals surface area contributed by atoms with Crippen LogP contribution in [0.25, 0.3) is 10.7 Å². The number of aryl methyl sites for hydroxylation is 1. The van der Waals surface area contributed by atoms with Gasteiger partial charge in [-0.05, 0) is 55.6 Å². The summed E-state index contributed by atoms with van der Waals surface area (Å²) in [5.74, 6) is 1.17. The van der Waals surface area contributed by atoms with Crippen LogP contribution in [0.15, 0.2) is 36.9 Å². The van der Waals surface area contributed by atoms with Crippen LogP contribution in [-0.4, -0.2) is 25.7 Å². The summed E-state index contributed by atoms with van der Waals surface area (Å²) in [5, 5.41) is 10.6. The quantitative estimate of drug-likeness (QED) is 0.373. The number of carbonyl (C=O) groups is 1. The molecule has 2 aromatic heterocycles. The number of hydrogen-bond acceptors (Lipinski definition) is 5. The Kier molecular flexibility index (Phi) is 6.24. The summed E-state index contributed by atoms with van der Waals surface area (Å²) in [6, 6.07) is 8.01. The maximum atomic E-state index is 12.7. The number of aromatic amines is 1. The van der Waals surface area contributed by atoms with Gasteiger partial charge in [0.15, 0.2) is 15.7 Å². The third-order valence-electron chi connectivity index (χ3n) is 5.54. The van der Waals surface area contributed by atoms with Crippen molar-refractivity contribution in [2.75, 3.05) is 5.32 Å². The van der Waals surface area contributed by atoms with Gasteiger partial charge in [-0.1, -0.05) is 48.8 Å². The van der Waals surface area contributed by atoms with Gasteiger partial charge in [-0.25, -0.2) is 4.98 Å². The predicted molar refractivity (Wildman–Crippen MR) is 124 cm³/mol. The molecule has 156 valence electrons. The Bertz CT molecular complexity index is 1100. The van der Waals surface area contributed by atoms with E-state index in [0.717, 1.165) is 10.6 Å². The van der Waals surface area contributed by atoms with Gasteiger partial charge in [0.05, 0.1) is 10.6 Å². The van der Waals surface area contributed by atoms with Gasteiger partial charge >= 0.3 is 0 Å². The molecule has 1 saturated carbocycles. The molecule has 30 heavy (non-hydrogen) atoms. The minimum absolute atomic E-state index is 0.157. The van der Waals surface area contributed by atoms with Crippen LogP contribution in [0, 0.1) is 11.7 Å². The van der Waals surface area contributed by atoms with Crippen LogP contribution in [0.3, 0.4) is 0 Å². The molecule has 0 spiro atoms. The van der Waals surface area contributed by atoms with Gasteiger partial charge in [0.25, 0.3) is 5.91 Å². The van der Waals surface area contributed by atoms with Crippen molar-refractivity contribution in [3.8, 4) is 10.7 Å². The van der Waals surface area contributed by atoms with Gasteiger partial charge < -0.3 is 0 Å². The molecule has 6 nitrogen and oxygen atoms in total. The van der Waals surface area contributed by atoms with Crippen LogP contribution in [0.1, 0.15) is 59.6 Å². The van der Waals surface area contributed by atoms with Gasteiger partial charge in [0.2, 0.25) is 0 Å². The highest BCUT2D eigenvalue weighted by Gasteiger charge is 2.19. The molecule has 0 aliphatic heterocycles. The number of anilines is 1. The Hall–Kier alpha value is -2.58. The molecule has 1 aliphatic rings. The summed E-state index contributed by atoms with van der Waals surface area (Å²) in [6.45, 7) is 6.22. The smallest absolute Gasteiger partial charge is 0.257 e. The molecule has 0 saturated heterocycles. The Morgan fingerprint density at radius 3 is 2.77 bits per heavy atom. The number of nitrogens with one attached hydrogen (secondary N) is 2. The first-order valence-corrected chi connectivity index (χ1v) is 11.4. The highest BCUT2D eigenvalue weighted by molar-refractivity contribution is 7.71. The summed E-state index contributed by atoms with van der Waals surface area (Å²) in [4.78, 5) is 18.1. The van der Waals surface area contributed by atoms with E-state index < -0.39 is 0 Å². The van der Waals surface area contributed by atoms with Gasteiger partial charge in [0, 0.05) is 12.1 Å². The minimum Gasteiger partial charge on any atom is -0.298 e. The van der Waals surface area contributed by atoms with Crippen molar-refractivity contribution in [2.45, 2.75) is 51.5 Å². The number of hydrogen-bond donors (Lipinski definition) is 2. The van der Waals surface area contributed by atoms with Crippen molar-refractivity contribution < 1.29 is 4.79 Å². The lowest BCUT2D eigenvalue weighted by molar-refractivity contribution is 0.102. The summed E-state index contributed by atoms with van der Waals surface area (Å²) >= 11 is 6.68. The van der Waals surface area contributed by atoms with Crippen molar-refractivity contribution in [2.24, 2.45) is 0 Å². The lowest BCUT2D eigenvalue weighted by atomic mass is 9.84. The van der Waals surface area contributed by atoms with E-state index in [1.807, 2.05) is 23.6 Å². The summed E-state index contributed by atoms with van der Waals surface area (Å²) < 4.78 is 2.39. The molecule has 1 fully saturated rings. The third kappa shape index (κ3) is 4.29. The zero-order chi connectivity index (χ0) is 21.1. The fourth-order valence-corrected chi connectivity index (χ4v) is 5.13. The van der Waals surface area contributed by atoms with E-state index >= 15 is 0 Å². The van der Waals surface area contributed by atoms with E-state index in [1.54, 1.807) is 6.08 Å². The highest BCUT2D eigenvalue weighted by atomic mass is 32.1. The Labute approximate surface area is 185 Å². The molecule has 4 rings (SSSR count). The first-order chi connectivity index (χ1) is 14.6. The predicted octanol–water partition coefficient (Wildman–Crippen LogP) is 5.86. The number of amides is 1. The van der Waals surface area contributed by atoms with Gasteiger partial charge in [-0.15, -0.1) is 6.58 Å². The second kappa shape index (κ2) is 9.06. The van der Waals surface area contributed by atoms with Crippen LogP contribution >= 0.6 is 23.6 Å². The molecule has 1 aliphatic carbocycles. The van der Waals surface area contributed by atoms with Crippen molar-refractivity contribution in [1.82, 2.24) is 19.7 Å². The number of nitrogens with zero attached hydrogens (tertiary/aromatic N) is 3. The second-order valence-corrected chi connectivity index (χ2v) is 8.98. The second-order valence-electron chi connectivity index (χ2n) is 7.60. The number of rotatable bonds is 6. The third-order valence-corrected chi connectivity index (χ3v) is 6.92. The summed E-state index contributed by atoms with van der Waals surface area (Å²) in [7, 11) is 0. The summed E-state index contributed by atoms with van der Waals surface area (Å²) in [6.07, 6.45) is 8.20. The van der Waals surface area contributed by atoms with Crippen LogP contribution in [0.2, 0.25) is 0 Å². The van der Waals surface area contributed by atoms with Gasteiger partial charge in [-0.3, -0.25) is 19.8 Å². The lowest BCUT2D eigenvalue weighted by Gasteiger charge is -2.22. The van der Waals surface area contributed by atoms with E-state index in [1.165, 1.54) is 49.0 Å². The van der Waals surface area contributed by atoms with Crippen LogP contribution in [-0.2, 0) is 6.54 Å². The molecule has 3 aromatic rings. The van der Waals surface area contributed by atoms with Crippen LogP contribution < -0.4 is 5.32 Å². The number of allylic oxidation sites excluding steroid dienone is 1. The van der Waals surface area contributed by atoms with Gasteiger partial charge in [0.1, 0.15) is 0 Å². The average molecular weight is 440 g/mol. The summed E-state index contributed by atoms with van der Waals surface area (Å²) in [5.41, 5.74) is 2.77. The van der Waals surface area contributed by atoms with E-state index in [4.69, 9.17) is 12.2 Å². The molecular weight excluding hydrogens is 414 g/mol. The zero-order valence-electron chi connectivity index (χ0n) is 17.0. The topological polar surface area (TPSA) is 75.6 Å². The molecule has 0 unspecified atom stereocenters. The number of benzene rings is 1. The molecule has 2 N–H and O–H groups in total. The fourth-order valence-electron chi connectivity index (χ4n) is 3.96. The van der Waals surface area contributed by atoms with Crippen molar-refractivity contribution >= 4 is 34.6 Å². The van der Waals surface area contributed by atoms with Crippen LogP contribution in [0.4, 0.5) is 5.13 Å².